The van der Waals surface area contributed by atoms with Gasteiger partial charge in [0.1, 0.15) is 11.6 Å². The Bertz CT molecular complexity index is 961. The average Bonchev–Trinajstić information content (AvgIpc) is 3.00. The maximum Gasteiger partial charge on any atom is 0.387 e. The molecule has 0 aliphatic rings. The molecule has 0 saturated carbocycles. The third-order valence-corrected chi connectivity index (χ3v) is 4.33. The first-order valence-corrected chi connectivity index (χ1v) is 8.97. The minimum absolute atomic E-state index is 0. The lowest BCUT2D eigenvalue weighted by molar-refractivity contribution is -0.0504. The van der Waals surface area contributed by atoms with Crippen molar-refractivity contribution in [3.63, 3.8) is 0 Å². The van der Waals surface area contributed by atoms with E-state index in [0.29, 0.717) is 24.6 Å². The van der Waals surface area contributed by atoms with E-state index in [4.69, 9.17) is 0 Å². The number of halogens is 3. The molecule has 0 spiro atoms. The number of nitrogens with one attached hydrogen (secondary N) is 2. The SMILES string of the molecule is CN=C(NCCn1c(C)nc2ccccc21)NCc1ccccc1OC(F)F.I. The van der Waals surface area contributed by atoms with Crippen LogP contribution in [0.2, 0.25) is 0 Å². The van der Waals surface area contributed by atoms with Crippen LogP contribution in [0.4, 0.5) is 8.78 Å². The molecule has 29 heavy (non-hydrogen) atoms. The van der Waals surface area contributed by atoms with Gasteiger partial charge < -0.3 is 19.9 Å². The van der Waals surface area contributed by atoms with Gasteiger partial charge in [0.25, 0.3) is 0 Å². The minimum Gasteiger partial charge on any atom is -0.434 e. The Balaban J connectivity index is 0.00000300. The zero-order chi connectivity index (χ0) is 19.9. The predicted molar refractivity (Wildman–Crippen MR) is 121 cm³/mol. The lowest BCUT2D eigenvalue weighted by Crippen LogP contribution is -2.38. The molecule has 1 heterocycles. The number of imidazole rings is 1. The van der Waals surface area contributed by atoms with Gasteiger partial charge in [-0.25, -0.2) is 4.98 Å². The molecule has 2 aromatic carbocycles. The molecule has 3 rings (SSSR count). The first-order chi connectivity index (χ1) is 13.6. The number of fused-ring (bicyclic) bond motifs is 1. The molecule has 0 amide bonds. The van der Waals surface area contributed by atoms with E-state index >= 15 is 0 Å². The van der Waals surface area contributed by atoms with E-state index in [1.165, 1.54) is 6.07 Å². The highest BCUT2D eigenvalue weighted by Crippen LogP contribution is 2.20. The molecule has 9 heteroatoms. The summed E-state index contributed by atoms with van der Waals surface area (Å²) in [4.78, 5) is 8.73. The van der Waals surface area contributed by atoms with Crippen molar-refractivity contribution in [2.24, 2.45) is 4.99 Å². The van der Waals surface area contributed by atoms with Crippen molar-refractivity contribution in [2.75, 3.05) is 13.6 Å². The van der Waals surface area contributed by atoms with Crippen LogP contribution in [0.3, 0.4) is 0 Å². The van der Waals surface area contributed by atoms with E-state index in [-0.39, 0.29) is 29.7 Å². The van der Waals surface area contributed by atoms with Crippen molar-refractivity contribution in [1.29, 1.82) is 0 Å². The molecule has 6 nitrogen and oxygen atoms in total. The average molecular weight is 515 g/mol. The van der Waals surface area contributed by atoms with Gasteiger partial charge in [-0.15, -0.1) is 24.0 Å². The van der Waals surface area contributed by atoms with Crippen LogP contribution in [-0.2, 0) is 13.1 Å². The molecule has 1 aromatic heterocycles. The number of aliphatic imine (C=N–C) groups is 1. The monoisotopic (exact) mass is 515 g/mol. The molecular formula is C20H24F2IN5O. The quantitative estimate of drug-likeness (QED) is 0.285. The number of hydrogen-bond donors (Lipinski definition) is 2. The maximum absolute atomic E-state index is 12.5. The lowest BCUT2D eigenvalue weighted by Gasteiger charge is -2.15. The predicted octanol–water partition coefficient (Wildman–Crippen LogP) is 3.93. The number of aryl methyl sites for hydroxylation is 1. The van der Waals surface area contributed by atoms with E-state index in [9.17, 15) is 8.78 Å². The first kappa shape index (κ1) is 22.9. The molecule has 0 atom stereocenters. The van der Waals surface area contributed by atoms with Gasteiger partial charge in [0.15, 0.2) is 5.96 Å². The van der Waals surface area contributed by atoms with Crippen LogP contribution in [0.5, 0.6) is 5.75 Å². The zero-order valence-electron chi connectivity index (χ0n) is 16.2. The fourth-order valence-electron chi connectivity index (χ4n) is 3.02. The fourth-order valence-corrected chi connectivity index (χ4v) is 3.02. The van der Waals surface area contributed by atoms with Crippen LogP contribution < -0.4 is 15.4 Å². The number of ether oxygens (including phenoxy) is 1. The summed E-state index contributed by atoms with van der Waals surface area (Å²) in [5, 5.41) is 6.35. The standard InChI is InChI=1S/C20H23F2N5O.HI/c1-14-26-16-8-4-5-9-17(16)27(14)12-11-24-20(23-2)25-13-15-7-3-6-10-18(15)28-19(21)22;/h3-10,19H,11-13H2,1-2H3,(H2,23,24,25);1H. The summed E-state index contributed by atoms with van der Waals surface area (Å²) in [6.45, 7) is 0.795. The molecular weight excluding hydrogens is 491 g/mol. The van der Waals surface area contributed by atoms with Gasteiger partial charge in [0.2, 0.25) is 0 Å². The zero-order valence-corrected chi connectivity index (χ0v) is 18.6. The number of aromatic nitrogens is 2. The third-order valence-electron chi connectivity index (χ3n) is 4.33. The summed E-state index contributed by atoms with van der Waals surface area (Å²) in [5.41, 5.74) is 2.68. The molecule has 0 aliphatic carbocycles. The molecule has 0 saturated heterocycles. The second kappa shape index (κ2) is 10.9. The van der Waals surface area contributed by atoms with Gasteiger partial charge in [-0.3, -0.25) is 4.99 Å². The molecule has 0 aliphatic heterocycles. The van der Waals surface area contributed by atoms with Crippen LogP contribution in [0, 0.1) is 6.92 Å². The smallest absolute Gasteiger partial charge is 0.387 e. The Morgan fingerprint density at radius 2 is 1.86 bits per heavy atom. The number of guanidine groups is 1. The van der Waals surface area contributed by atoms with E-state index in [1.54, 1.807) is 25.2 Å². The summed E-state index contributed by atoms with van der Waals surface area (Å²) in [7, 11) is 1.66. The van der Waals surface area contributed by atoms with Gasteiger partial charge in [-0.05, 0) is 25.1 Å². The van der Waals surface area contributed by atoms with Gasteiger partial charge >= 0.3 is 6.61 Å². The normalized spacial score (nSPS) is 11.4. The Labute approximate surface area is 185 Å². The van der Waals surface area contributed by atoms with E-state index in [0.717, 1.165) is 23.4 Å². The number of para-hydroxylation sites is 3. The fraction of sp³-hybridized carbons (Fsp3) is 0.300. The molecule has 156 valence electrons. The molecule has 0 bridgehead atoms. The number of hydrogen-bond acceptors (Lipinski definition) is 3. The highest BCUT2D eigenvalue weighted by molar-refractivity contribution is 14.0. The van der Waals surface area contributed by atoms with E-state index in [1.807, 2.05) is 31.2 Å². The molecule has 3 aromatic rings. The Kier molecular flexibility index (Phi) is 8.62. The summed E-state index contributed by atoms with van der Waals surface area (Å²) in [6.07, 6.45) is 0. The van der Waals surface area contributed by atoms with Crippen molar-refractivity contribution in [3.8, 4) is 5.75 Å². The summed E-state index contributed by atoms with van der Waals surface area (Å²) >= 11 is 0. The van der Waals surface area contributed by atoms with Crippen molar-refractivity contribution < 1.29 is 13.5 Å². The Morgan fingerprint density at radius 3 is 2.62 bits per heavy atom. The Morgan fingerprint density at radius 1 is 1.14 bits per heavy atom. The number of benzene rings is 2. The molecule has 0 unspecified atom stereocenters. The number of nitrogens with zero attached hydrogens (tertiary/aromatic N) is 3. The highest BCUT2D eigenvalue weighted by Gasteiger charge is 2.10. The summed E-state index contributed by atoms with van der Waals surface area (Å²) < 4.78 is 31.7. The van der Waals surface area contributed by atoms with Crippen LogP contribution >= 0.6 is 24.0 Å². The van der Waals surface area contributed by atoms with E-state index < -0.39 is 6.61 Å². The maximum atomic E-state index is 12.5. The van der Waals surface area contributed by atoms with Crippen LogP contribution in [0.25, 0.3) is 11.0 Å². The highest BCUT2D eigenvalue weighted by atomic mass is 127. The van der Waals surface area contributed by atoms with Crippen LogP contribution in [-0.4, -0.2) is 35.7 Å². The summed E-state index contributed by atoms with van der Waals surface area (Å²) in [5.74, 6) is 1.68. The summed E-state index contributed by atoms with van der Waals surface area (Å²) in [6, 6.07) is 14.7. The van der Waals surface area contributed by atoms with Gasteiger partial charge in [-0.2, -0.15) is 8.78 Å². The largest absolute Gasteiger partial charge is 0.434 e. The Hall–Kier alpha value is -2.43. The van der Waals surface area contributed by atoms with Crippen molar-refractivity contribution in [2.45, 2.75) is 26.6 Å². The lowest BCUT2D eigenvalue weighted by atomic mass is 10.2. The third kappa shape index (κ3) is 6.02. The van der Waals surface area contributed by atoms with Crippen LogP contribution in [0.1, 0.15) is 11.4 Å². The van der Waals surface area contributed by atoms with Crippen molar-refractivity contribution in [3.05, 3.63) is 59.9 Å². The second-order valence-corrected chi connectivity index (χ2v) is 6.14. The number of rotatable bonds is 7. The number of alkyl halides is 2. The first-order valence-electron chi connectivity index (χ1n) is 8.97. The van der Waals surface area contributed by atoms with Gasteiger partial charge in [0.05, 0.1) is 11.0 Å². The molecule has 0 fully saturated rings. The molecule has 2 N–H and O–H groups in total. The molecule has 0 radical (unpaired) electrons. The van der Waals surface area contributed by atoms with Gasteiger partial charge in [0, 0.05) is 32.2 Å². The van der Waals surface area contributed by atoms with Crippen molar-refractivity contribution in [1.82, 2.24) is 20.2 Å². The van der Waals surface area contributed by atoms with Crippen molar-refractivity contribution >= 4 is 41.0 Å². The van der Waals surface area contributed by atoms with Crippen LogP contribution in [0.15, 0.2) is 53.5 Å². The minimum atomic E-state index is -2.85. The second-order valence-electron chi connectivity index (χ2n) is 6.14. The topological polar surface area (TPSA) is 63.5 Å². The van der Waals surface area contributed by atoms with Gasteiger partial charge in [-0.1, -0.05) is 30.3 Å². The van der Waals surface area contributed by atoms with E-state index in [2.05, 4.69) is 29.9 Å².